The van der Waals surface area contributed by atoms with E-state index in [0.29, 0.717) is 13.1 Å². The number of piperidine rings is 1. The van der Waals surface area contributed by atoms with Crippen LogP contribution in [0.1, 0.15) is 24.8 Å². The Kier molecular flexibility index (Phi) is 9.93. The number of likely N-dealkylation sites (tertiary alicyclic amines) is 1. The van der Waals surface area contributed by atoms with Crippen LogP contribution in [0.5, 0.6) is 0 Å². The third kappa shape index (κ3) is 7.14. The predicted molar refractivity (Wildman–Crippen MR) is 144 cm³/mol. The van der Waals surface area contributed by atoms with Gasteiger partial charge in [-0.2, -0.15) is 0 Å². The van der Waals surface area contributed by atoms with Crippen molar-refractivity contribution in [2.45, 2.75) is 25.8 Å². The Balaban J connectivity index is 0.00000306. The van der Waals surface area contributed by atoms with Crippen molar-refractivity contribution in [1.29, 1.82) is 0 Å². The maximum Gasteiger partial charge on any atom is 0.236 e. The Morgan fingerprint density at radius 1 is 0.970 bits per heavy atom. The van der Waals surface area contributed by atoms with Gasteiger partial charge >= 0.3 is 0 Å². The van der Waals surface area contributed by atoms with Gasteiger partial charge < -0.3 is 15.1 Å². The molecule has 0 unspecified atom stereocenters. The first-order chi connectivity index (χ1) is 15.7. The van der Waals surface area contributed by atoms with E-state index in [2.05, 4.69) is 49.4 Å². The number of benzene rings is 1. The number of aliphatic imine (C=N–C) groups is 1. The Bertz CT molecular complexity index is 908. The lowest BCUT2D eigenvalue weighted by Gasteiger charge is -2.37. The normalized spacial score (nSPS) is 17.4. The van der Waals surface area contributed by atoms with Gasteiger partial charge in [-0.05, 0) is 43.0 Å². The van der Waals surface area contributed by atoms with Gasteiger partial charge in [0.25, 0.3) is 0 Å². The molecule has 4 rings (SSSR count). The van der Waals surface area contributed by atoms with Crippen LogP contribution in [0.15, 0.2) is 53.7 Å². The van der Waals surface area contributed by atoms with E-state index in [1.54, 1.807) is 0 Å². The standard InChI is InChI=1S/C25H34N6O.HI/c1-26-25(28-19-21-8-7-9-22(18-21)23-10-3-4-11-27-23)31-16-14-29(15-17-31)20-24(32)30-12-5-2-6-13-30;/h3-4,7-11,18H,2,5-6,12-17,19-20H2,1H3,(H,26,28);1H. The molecule has 1 N–H and O–H groups in total. The van der Waals surface area contributed by atoms with Gasteiger partial charge in [0.2, 0.25) is 5.91 Å². The van der Waals surface area contributed by atoms with E-state index in [9.17, 15) is 4.79 Å². The number of nitrogens with one attached hydrogen (secondary N) is 1. The number of guanidine groups is 1. The summed E-state index contributed by atoms with van der Waals surface area (Å²) in [4.78, 5) is 28.1. The summed E-state index contributed by atoms with van der Waals surface area (Å²) in [5.41, 5.74) is 3.29. The van der Waals surface area contributed by atoms with Gasteiger partial charge in [0.05, 0.1) is 12.2 Å². The average Bonchev–Trinajstić information content (AvgIpc) is 2.86. The number of pyridine rings is 1. The number of halogens is 1. The Labute approximate surface area is 214 Å². The molecule has 2 aliphatic heterocycles. The minimum absolute atomic E-state index is 0. The molecule has 33 heavy (non-hydrogen) atoms. The van der Waals surface area contributed by atoms with Gasteiger partial charge in [0.15, 0.2) is 5.96 Å². The molecule has 0 radical (unpaired) electrons. The Morgan fingerprint density at radius 2 is 1.76 bits per heavy atom. The molecule has 1 aromatic carbocycles. The monoisotopic (exact) mass is 562 g/mol. The predicted octanol–water partition coefficient (Wildman–Crippen LogP) is 3.07. The molecule has 2 fully saturated rings. The van der Waals surface area contributed by atoms with E-state index in [0.717, 1.165) is 69.3 Å². The minimum Gasteiger partial charge on any atom is -0.352 e. The van der Waals surface area contributed by atoms with Crippen LogP contribution in [0, 0.1) is 0 Å². The van der Waals surface area contributed by atoms with Gasteiger partial charge in [-0.15, -0.1) is 24.0 Å². The molecule has 0 atom stereocenters. The molecule has 3 heterocycles. The third-order valence-electron chi connectivity index (χ3n) is 6.29. The van der Waals surface area contributed by atoms with E-state index in [4.69, 9.17) is 0 Å². The first-order valence-electron chi connectivity index (χ1n) is 11.7. The smallest absolute Gasteiger partial charge is 0.236 e. The Morgan fingerprint density at radius 3 is 2.45 bits per heavy atom. The van der Waals surface area contributed by atoms with Crippen molar-refractivity contribution in [3.63, 3.8) is 0 Å². The van der Waals surface area contributed by atoms with Crippen molar-refractivity contribution in [2.24, 2.45) is 4.99 Å². The molecule has 0 saturated carbocycles. The van der Waals surface area contributed by atoms with Crippen LogP contribution < -0.4 is 5.32 Å². The second kappa shape index (κ2) is 12.9. The van der Waals surface area contributed by atoms with Gasteiger partial charge in [0, 0.05) is 64.6 Å². The second-order valence-corrected chi connectivity index (χ2v) is 8.52. The second-order valence-electron chi connectivity index (χ2n) is 8.52. The highest BCUT2D eigenvalue weighted by Gasteiger charge is 2.24. The van der Waals surface area contributed by atoms with E-state index < -0.39 is 0 Å². The summed E-state index contributed by atoms with van der Waals surface area (Å²) in [5.74, 6) is 1.20. The van der Waals surface area contributed by atoms with Gasteiger partial charge in [0.1, 0.15) is 0 Å². The number of hydrogen-bond donors (Lipinski definition) is 1. The molecular weight excluding hydrogens is 527 g/mol. The van der Waals surface area contributed by atoms with Crippen molar-refractivity contribution in [3.8, 4) is 11.3 Å². The number of amides is 1. The fourth-order valence-electron chi connectivity index (χ4n) is 4.44. The van der Waals surface area contributed by atoms with Crippen LogP contribution in [0.3, 0.4) is 0 Å². The lowest BCUT2D eigenvalue weighted by atomic mass is 10.1. The zero-order valence-electron chi connectivity index (χ0n) is 19.4. The van der Waals surface area contributed by atoms with Crippen molar-refractivity contribution in [1.82, 2.24) is 25.0 Å². The highest BCUT2D eigenvalue weighted by Crippen LogP contribution is 2.17. The molecule has 0 aliphatic carbocycles. The molecule has 0 spiro atoms. The van der Waals surface area contributed by atoms with Gasteiger partial charge in [-0.3, -0.25) is 19.7 Å². The van der Waals surface area contributed by atoms with E-state index in [1.165, 1.54) is 12.0 Å². The Hall–Kier alpha value is -2.20. The lowest BCUT2D eigenvalue weighted by molar-refractivity contribution is -0.133. The van der Waals surface area contributed by atoms with Gasteiger partial charge in [-0.25, -0.2) is 0 Å². The summed E-state index contributed by atoms with van der Waals surface area (Å²) in [7, 11) is 1.83. The number of aromatic nitrogens is 1. The van der Waals surface area contributed by atoms with Crippen LogP contribution in [-0.2, 0) is 11.3 Å². The molecule has 0 bridgehead atoms. The van der Waals surface area contributed by atoms with Crippen molar-refractivity contribution in [3.05, 3.63) is 54.2 Å². The van der Waals surface area contributed by atoms with Crippen LogP contribution in [-0.4, -0.2) is 84.4 Å². The first-order valence-corrected chi connectivity index (χ1v) is 11.7. The van der Waals surface area contributed by atoms with Crippen molar-refractivity contribution < 1.29 is 4.79 Å². The fraction of sp³-hybridized carbons (Fsp3) is 0.480. The largest absolute Gasteiger partial charge is 0.352 e. The summed E-state index contributed by atoms with van der Waals surface area (Å²) in [5, 5.41) is 3.50. The van der Waals surface area contributed by atoms with Crippen LogP contribution in [0.2, 0.25) is 0 Å². The topological polar surface area (TPSA) is 64.1 Å². The minimum atomic E-state index is 0. The molecule has 2 aromatic rings. The molecule has 7 nitrogen and oxygen atoms in total. The highest BCUT2D eigenvalue weighted by atomic mass is 127. The number of hydrogen-bond acceptors (Lipinski definition) is 4. The molecule has 178 valence electrons. The van der Waals surface area contributed by atoms with E-state index in [1.807, 2.05) is 36.3 Å². The van der Waals surface area contributed by atoms with Crippen LogP contribution in [0.25, 0.3) is 11.3 Å². The first kappa shape index (κ1) is 25.4. The van der Waals surface area contributed by atoms with Crippen LogP contribution >= 0.6 is 24.0 Å². The van der Waals surface area contributed by atoms with Crippen LogP contribution in [0.4, 0.5) is 0 Å². The summed E-state index contributed by atoms with van der Waals surface area (Å²) < 4.78 is 0. The molecule has 2 aliphatic rings. The number of nitrogens with zero attached hydrogens (tertiary/aromatic N) is 5. The zero-order valence-corrected chi connectivity index (χ0v) is 21.8. The zero-order chi connectivity index (χ0) is 22.2. The third-order valence-corrected chi connectivity index (χ3v) is 6.29. The van der Waals surface area contributed by atoms with E-state index in [-0.39, 0.29) is 29.9 Å². The molecular formula is C25H35IN6O. The number of rotatable bonds is 5. The van der Waals surface area contributed by atoms with E-state index >= 15 is 0 Å². The van der Waals surface area contributed by atoms with Crippen molar-refractivity contribution in [2.75, 3.05) is 52.9 Å². The molecule has 8 heteroatoms. The molecule has 2 saturated heterocycles. The molecule has 1 amide bonds. The maximum absolute atomic E-state index is 12.6. The summed E-state index contributed by atoms with van der Waals surface area (Å²) >= 11 is 0. The number of carbonyl (C=O) groups is 1. The van der Waals surface area contributed by atoms with Gasteiger partial charge in [-0.1, -0.05) is 24.3 Å². The number of piperazine rings is 1. The average molecular weight is 563 g/mol. The molecule has 1 aromatic heterocycles. The summed E-state index contributed by atoms with van der Waals surface area (Å²) in [6, 6.07) is 14.4. The summed E-state index contributed by atoms with van der Waals surface area (Å²) in [6.07, 6.45) is 5.36. The number of carbonyl (C=O) groups excluding carboxylic acids is 1. The quantitative estimate of drug-likeness (QED) is 0.345. The maximum atomic E-state index is 12.6. The fourth-order valence-corrected chi connectivity index (χ4v) is 4.44. The lowest BCUT2D eigenvalue weighted by Crippen LogP contribution is -2.54. The summed E-state index contributed by atoms with van der Waals surface area (Å²) in [6.45, 7) is 6.63. The highest BCUT2D eigenvalue weighted by molar-refractivity contribution is 14.0. The van der Waals surface area contributed by atoms with Crippen molar-refractivity contribution >= 4 is 35.8 Å². The SMILES string of the molecule is CN=C(NCc1cccc(-c2ccccn2)c1)N1CCN(CC(=O)N2CCCCC2)CC1.I.